The molecule has 0 radical (unpaired) electrons. The molecular formula is C19H17BrINO5. The lowest BCUT2D eigenvalue weighted by Gasteiger charge is -2.23. The molecule has 0 aliphatic carbocycles. The molecule has 0 unspecified atom stereocenters. The zero-order valence-corrected chi connectivity index (χ0v) is 18.0. The van der Waals surface area contributed by atoms with Gasteiger partial charge in [0.2, 0.25) is 0 Å². The summed E-state index contributed by atoms with van der Waals surface area (Å²) < 4.78 is 7.25. The number of aliphatic carboxylic acids is 1. The number of phenolic OH excluding ortho intramolecular Hbond substituents is 1. The van der Waals surface area contributed by atoms with Crippen LogP contribution < -0.4 is 5.32 Å². The molecule has 2 atom stereocenters. The third kappa shape index (κ3) is 6.55. The summed E-state index contributed by atoms with van der Waals surface area (Å²) >= 11 is 5.40. The highest BCUT2D eigenvalue weighted by Gasteiger charge is 2.25. The van der Waals surface area contributed by atoms with Gasteiger partial charge in [0.1, 0.15) is 11.9 Å². The minimum absolute atomic E-state index is 0.0348. The zero-order chi connectivity index (χ0) is 20.0. The fourth-order valence-electron chi connectivity index (χ4n) is 2.34. The monoisotopic (exact) mass is 545 g/mol. The van der Waals surface area contributed by atoms with Crippen LogP contribution in [0.15, 0.2) is 59.1 Å². The molecule has 2 rings (SSSR count). The van der Waals surface area contributed by atoms with Crippen molar-refractivity contribution < 1.29 is 24.5 Å². The number of amides is 1. The third-order valence-corrected chi connectivity index (χ3v) is 4.84. The molecule has 0 fully saturated rings. The fraction of sp³-hybridized carbons (Fsp3) is 0.158. The quantitative estimate of drug-likeness (QED) is 0.337. The zero-order valence-electron chi connectivity index (χ0n) is 14.2. The van der Waals surface area contributed by atoms with Crippen molar-refractivity contribution in [2.24, 2.45) is 5.92 Å². The van der Waals surface area contributed by atoms with Crippen LogP contribution in [-0.2, 0) is 9.53 Å². The van der Waals surface area contributed by atoms with Crippen LogP contribution in [0.4, 0.5) is 10.5 Å². The Balaban J connectivity index is 2.25. The molecule has 0 heterocycles. The Morgan fingerprint density at radius 2 is 1.89 bits per heavy atom. The summed E-state index contributed by atoms with van der Waals surface area (Å²) in [4.78, 5) is 23.2. The molecular weight excluding hydrogens is 529 g/mol. The Bertz CT molecular complexity index is 854. The average Bonchev–Trinajstić information content (AvgIpc) is 2.62. The number of nitrogens with one attached hydrogen (secondary N) is 1. The number of hydrogen-bond acceptors (Lipinski definition) is 4. The number of anilines is 1. The van der Waals surface area contributed by atoms with Crippen LogP contribution in [0.3, 0.4) is 0 Å². The van der Waals surface area contributed by atoms with Crippen molar-refractivity contribution >= 4 is 56.3 Å². The molecule has 2 aromatic rings. The summed E-state index contributed by atoms with van der Waals surface area (Å²) in [5.74, 6) is -1.62. The Morgan fingerprint density at radius 1 is 1.22 bits per heavy atom. The molecule has 6 nitrogen and oxygen atoms in total. The molecule has 0 aliphatic rings. The Morgan fingerprint density at radius 3 is 2.52 bits per heavy atom. The van der Waals surface area contributed by atoms with Crippen LogP contribution in [-0.4, -0.2) is 22.3 Å². The average molecular weight is 546 g/mol. The summed E-state index contributed by atoms with van der Waals surface area (Å²) in [5, 5.41) is 21.7. The Labute approximate surface area is 178 Å². The Kier molecular flexibility index (Phi) is 7.66. The van der Waals surface area contributed by atoms with Gasteiger partial charge in [0.25, 0.3) is 0 Å². The molecule has 0 saturated heterocycles. The molecule has 0 bridgehead atoms. The van der Waals surface area contributed by atoms with E-state index in [2.05, 4.69) is 43.8 Å². The maximum atomic E-state index is 12.4. The van der Waals surface area contributed by atoms with Crippen LogP contribution >= 0.6 is 38.5 Å². The van der Waals surface area contributed by atoms with E-state index in [4.69, 9.17) is 9.84 Å². The minimum Gasteiger partial charge on any atom is -0.508 e. The molecule has 8 heteroatoms. The second-order valence-corrected chi connectivity index (χ2v) is 7.88. The maximum absolute atomic E-state index is 12.4. The number of carboxylic acid groups (broad SMARTS) is 1. The summed E-state index contributed by atoms with van der Waals surface area (Å²) in [7, 11) is 0. The first-order valence-corrected chi connectivity index (χ1v) is 9.76. The minimum atomic E-state index is -1.10. The van der Waals surface area contributed by atoms with Crippen LogP contribution in [0.2, 0.25) is 0 Å². The van der Waals surface area contributed by atoms with Gasteiger partial charge in [-0.1, -0.05) is 28.9 Å². The van der Waals surface area contributed by atoms with Crippen LogP contribution in [0.1, 0.15) is 18.6 Å². The number of carboxylic acids is 1. The second kappa shape index (κ2) is 9.75. The van der Waals surface area contributed by atoms with Gasteiger partial charge >= 0.3 is 12.1 Å². The topological polar surface area (TPSA) is 95.9 Å². The lowest BCUT2D eigenvalue weighted by molar-refractivity contribution is -0.131. The number of carbonyl (C=O) groups excluding carboxylic acids is 1. The van der Waals surface area contributed by atoms with Crippen molar-refractivity contribution in [1.82, 2.24) is 0 Å². The molecule has 0 spiro atoms. The van der Waals surface area contributed by atoms with Gasteiger partial charge in [-0.05, 0) is 65.1 Å². The van der Waals surface area contributed by atoms with Gasteiger partial charge < -0.3 is 14.9 Å². The van der Waals surface area contributed by atoms with E-state index in [1.165, 1.54) is 12.1 Å². The standard InChI is InChI=1S/C19H17BrINO5/c1-11(2-9-17(24)25)18(15-10-13(21)5-8-16(15)23)27-19(26)22-14-6-3-12(20)4-7-14/h2-11,18,23H,1H3,(H,22,26)(H,24,25)/b9-2+/t11-,18+/m1/s1. The first-order valence-electron chi connectivity index (χ1n) is 7.89. The summed E-state index contributed by atoms with van der Waals surface area (Å²) in [6, 6.07) is 11.9. The number of aromatic hydroxyl groups is 1. The molecule has 27 heavy (non-hydrogen) atoms. The van der Waals surface area contributed by atoms with Crippen LogP contribution in [0, 0.1) is 9.49 Å². The highest BCUT2D eigenvalue weighted by Crippen LogP contribution is 2.34. The van der Waals surface area contributed by atoms with Crippen LogP contribution in [0.25, 0.3) is 0 Å². The van der Waals surface area contributed by atoms with Crippen molar-refractivity contribution in [3.8, 4) is 5.75 Å². The summed E-state index contributed by atoms with van der Waals surface area (Å²) in [6.07, 6.45) is 0.819. The van der Waals surface area contributed by atoms with Crippen molar-refractivity contribution in [3.05, 3.63) is 68.2 Å². The molecule has 0 saturated carbocycles. The normalized spacial score (nSPS) is 13.1. The summed E-state index contributed by atoms with van der Waals surface area (Å²) in [6.45, 7) is 1.70. The number of rotatable bonds is 6. The summed E-state index contributed by atoms with van der Waals surface area (Å²) in [5.41, 5.74) is 0.943. The van der Waals surface area contributed by atoms with Gasteiger partial charge in [-0.3, -0.25) is 5.32 Å². The van der Waals surface area contributed by atoms with E-state index in [0.29, 0.717) is 11.3 Å². The van der Waals surface area contributed by atoms with E-state index in [-0.39, 0.29) is 5.75 Å². The predicted molar refractivity (Wildman–Crippen MR) is 114 cm³/mol. The smallest absolute Gasteiger partial charge is 0.412 e. The van der Waals surface area contributed by atoms with E-state index in [1.807, 2.05) is 0 Å². The van der Waals surface area contributed by atoms with E-state index in [0.717, 1.165) is 14.1 Å². The number of phenols is 1. The SMILES string of the molecule is C[C@H](/C=C/C(=O)O)[C@H](OC(=O)Nc1ccc(Br)cc1)c1cc(I)ccc1O. The van der Waals surface area contributed by atoms with E-state index < -0.39 is 24.1 Å². The largest absolute Gasteiger partial charge is 0.508 e. The van der Waals surface area contributed by atoms with Gasteiger partial charge in [-0.2, -0.15) is 0 Å². The van der Waals surface area contributed by atoms with Crippen LogP contribution in [0.5, 0.6) is 5.75 Å². The molecule has 2 aromatic carbocycles. The lowest BCUT2D eigenvalue weighted by Crippen LogP contribution is -2.21. The highest BCUT2D eigenvalue weighted by molar-refractivity contribution is 14.1. The van der Waals surface area contributed by atoms with Gasteiger partial charge in [0.15, 0.2) is 0 Å². The molecule has 0 aliphatic heterocycles. The van der Waals surface area contributed by atoms with E-state index in [1.54, 1.807) is 43.3 Å². The van der Waals surface area contributed by atoms with Gasteiger partial charge in [-0.25, -0.2) is 9.59 Å². The number of benzene rings is 2. The van der Waals surface area contributed by atoms with E-state index in [9.17, 15) is 14.7 Å². The molecule has 142 valence electrons. The van der Waals surface area contributed by atoms with Gasteiger partial charge in [0, 0.05) is 31.3 Å². The van der Waals surface area contributed by atoms with Gasteiger partial charge in [0.05, 0.1) is 0 Å². The predicted octanol–water partition coefficient (Wildman–Crippen LogP) is 5.33. The molecule has 0 aromatic heterocycles. The number of carbonyl (C=O) groups is 2. The van der Waals surface area contributed by atoms with Crippen molar-refractivity contribution in [1.29, 1.82) is 0 Å². The number of halogens is 2. The van der Waals surface area contributed by atoms with E-state index >= 15 is 0 Å². The fourth-order valence-corrected chi connectivity index (χ4v) is 3.12. The van der Waals surface area contributed by atoms with Crippen molar-refractivity contribution in [2.45, 2.75) is 13.0 Å². The first-order chi connectivity index (χ1) is 12.8. The third-order valence-electron chi connectivity index (χ3n) is 3.64. The first kappa shape index (κ1) is 21.2. The molecule has 1 amide bonds. The van der Waals surface area contributed by atoms with Crippen molar-refractivity contribution in [3.63, 3.8) is 0 Å². The van der Waals surface area contributed by atoms with Crippen molar-refractivity contribution in [2.75, 3.05) is 5.32 Å². The number of ether oxygens (including phenoxy) is 1. The highest BCUT2D eigenvalue weighted by atomic mass is 127. The molecule has 3 N–H and O–H groups in total. The van der Waals surface area contributed by atoms with Gasteiger partial charge in [-0.15, -0.1) is 0 Å². The second-order valence-electron chi connectivity index (χ2n) is 5.72. The Hall–Kier alpha value is -2.07. The maximum Gasteiger partial charge on any atom is 0.412 e. The lowest BCUT2D eigenvalue weighted by atomic mass is 9.96. The number of hydrogen-bond donors (Lipinski definition) is 3.